The predicted molar refractivity (Wildman–Crippen MR) is 128 cm³/mol. The fourth-order valence-electron chi connectivity index (χ4n) is 3.82. The van der Waals surface area contributed by atoms with Crippen LogP contribution in [0.5, 0.6) is 11.5 Å². The van der Waals surface area contributed by atoms with E-state index in [-0.39, 0.29) is 18.2 Å². The van der Waals surface area contributed by atoms with Crippen LogP contribution in [-0.2, 0) is 9.59 Å². The van der Waals surface area contributed by atoms with Gasteiger partial charge in [0.1, 0.15) is 11.5 Å². The van der Waals surface area contributed by atoms with Crippen LogP contribution >= 0.6 is 11.6 Å². The molecule has 0 radical (unpaired) electrons. The molecule has 32 heavy (non-hydrogen) atoms. The molecule has 1 atom stereocenters. The lowest BCUT2D eigenvalue weighted by atomic mass is 10.1. The van der Waals surface area contributed by atoms with E-state index in [4.69, 9.17) is 16.3 Å². The molecule has 0 aromatic heterocycles. The minimum absolute atomic E-state index is 0.0761. The first kappa shape index (κ1) is 21.9. The number of amides is 2. The zero-order chi connectivity index (χ0) is 22.8. The van der Waals surface area contributed by atoms with Crippen LogP contribution in [0, 0.1) is 26.7 Å². The first-order chi connectivity index (χ1) is 15.3. The summed E-state index contributed by atoms with van der Waals surface area (Å²) in [6.07, 6.45) is 0.172. The van der Waals surface area contributed by atoms with Gasteiger partial charge in [-0.1, -0.05) is 29.8 Å². The zero-order valence-electron chi connectivity index (χ0n) is 18.3. The largest absolute Gasteiger partial charge is 0.457 e. The third-order valence-corrected chi connectivity index (χ3v) is 6.34. The molecule has 0 spiro atoms. The second-order valence-electron chi connectivity index (χ2n) is 8.10. The van der Waals surface area contributed by atoms with Crippen LogP contribution in [0.3, 0.4) is 0 Å². The molecule has 2 amide bonds. The number of benzene rings is 3. The third kappa shape index (κ3) is 4.48. The molecule has 0 aliphatic carbocycles. The van der Waals surface area contributed by atoms with E-state index in [1.165, 1.54) is 5.56 Å². The normalized spacial score (nSPS) is 15.7. The number of carbonyl (C=O) groups is 2. The topological polar surface area (TPSA) is 58.6 Å². The number of hydrogen-bond acceptors (Lipinski definition) is 3. The van der Waals surface area contributed by atoms with Crippen molar-refractivity contribution >= 4 is 34.8 Å². The highest BCUT2D eigenvalue weighted by Gasteiger charge is 2.35. The van der Waals surface area contributed by atoms with E-state index in [1.54, 1.807) is 23.1 Å². The molecule has 4 rings (SSSR count). The summed E-state index contributed by atoms with van der Waals surface area (Å²) in [5, 5.41) is 3.52. The van der Waals surface area contributed by atoms with E-state index in [0.29, 0.717) is 23.0 Å². The highest BCUT2D eigenvalue weighted by Crippen LogP contribution is 2.32. The molecular weight excluding hydrogens is 424 g/mol. The van der Waals surface area contributed by atoms with Gasteiger partial charge < -0.3 is 15.0 Å². The number of ether oxygens (including phenoxy) is 1. The lowest BCUT2D eigenvalue weighted by Crippen LogP contribution is -2.28. The average Bonchev–Trinajstić information content (AvgIpc) is 3.16. The van der Waals surface area contributed by atoms with E-state index >= 15 is 0 Å². The van der Waals surface area contributed by atoms with Gasteiger partial charge in [-0.3, -0.25) is 9.59 Å². The Morgan fingerprint density at radius 3 is 2.47 bits per heavy atom. The van der Waals surface area contributed by atoms with Crippen molar-refractivity contribution in [3.05, 3.63) is 82.4 Å². The van der Waals surface area contributed by atoms with Gasteiger partial charge in [-0.15, -0.1) is 0 Å². The summed E-state index contributed by atoms with van der Waals surface area (Å²) in [5.41, 5.74) is 4.51. The Hall–Kier alpha value is -3.31. The summed E-state index contributed by atoms with van der Waals surface area (Å²) in [7, 11) is 0. The van der Waals surface area contributed by atoms with E-state index in [1.807, 2.05) is 63.2 Å². The number of halogens is 1. The Morgan fingerprint density at radius 1 is 1.00 bits per heavy atom. The van der Waals surface area contributed by atoms with E-state index in [9.17, 15) is 9.59 Å². The summed E-state index contributed by atoms with van der Waals surface area (Å²) >= 11 is 6.20. The maximum absolute atomic E-state index is 12.8. The van der Waals surface area contributed by atoms with Gasteiger partial charge in [0.25, 0.3) is 0 Å². The minimum Gasteiger partial charge on any atom is -0.457 e. The van der Waals surface area contributed by atoms with Crippen molar-refractivity contribution in [3.63, 3.8) is 0 Å². The Kier molecular flexibility index (Phi) is 6.19. The van der Waals surface area contributed by atoms with Gasteiger partial charge in [-0.05, 0) is 79.9 Å². The van der Waals surface area contributed by atoms with Crippen molar-refractivity contribution in [2.45, 2.75) is 27.2 Å². The van der Waals surface area contributed by atoms with Crippen molar-refractivity contribution in [1.82, 2.24) is 0 Å². The van der Waals surface area contributed by atoms with Gasteiger partial charge in [0, 0.05) is 29.4 Å². The molecule has 1 aliphatic rings. The monoisotopic (exact) mass is 448 g/mol. The molecule has 0 bridgehead atoms. The first-order valence-corrected chi connectivity index (χ1v) is 10.9. The predicted octanol–water partition coefficient (Wildman–Crippen LogP) is 6.05. The molecule has 0 saturated carbocycles. The fourth-order valence-corrected chi connectivity index (χ4v) is 3.99. The number of anilines is 2. The second kappa shape index (κ2) is 9.05. The molecule has 3 aromatic rings. The van der Waals surface area contributed by atoms with Gasteiger partial charge in [0.2, 0.25) is 11.8 Å². The molecule has 3 aromatic carbocycles. The van der Waals surface area contributed by atoms with Crippen molar-refractivity contribution in [1.29, 1.82) is 0 Å². The Balaban J connectivity index is 1.40. The Morgan fingerprint density at radius 2 is 1.72 bits per heavy atom. The second-order valence-corrected chi connectivity index (χ2v) is 8.51. The number of nitrogens with one attached hydrogen (secondary N) is 1. The van der Waals surface area contributed by atoms with Crippen LogP contribution in [0.4, 0.5) is 11.4 Å². The van der Waals surface area contributed by atoms with Crippen LogP contribution < -0.4 is 15.0 Å². The average molecular weight is 449 g/mol. The van der Waals surface area contributed by atoms with E-state index in [2.05, 4.69) is 5.32 Å². The fraction of sp³-hybridized carbons (Fsp3) is 0.231. The molecular formula is C26H25ClN2O3. The van der Waals surface area contributed by atoms with Crippen LogP contribution in [0.2, 0.25) is 5.02 Å². The Labute approximate surface area is 193 Å². The summed E-state index contributed by atoms with van der Waals surface area (Å²) in [4.78, 5) is 27.0. The van der Waals surface area contributed by atoms with Gasteiger partial charge in [-0.2, -0.15) is 0 Å². The molecule has 1 N–H and O–H groups in total. The van der Waals surface area contributed by atoms with Gasteiger partial charge in [0.05, 0.1) is 5.92 Å². The molecule has 1 saturated heterocycles. The highest BCUT2D eigenvalue weighted by atomic mass is 35.5. The van der Waals surface area contributed by atoms with Crippen molar-refractivity contribution in [2.24, 2.45) is 5.92 Å². The molecule has 0 unspecified atom stereocenters. The van der Waals surface area contributed by atoms with Crippen molar-refractivity contribution < 1.29 is 14.3 Å². The standard InChI is InChI=1S/C26H25ClN2O3/c1-16-6-4-9-24(17(16)2)32-21-12-10-20(11-13-21)28-26(31)19-14-25(30)29(15-19)23-8-5-7-22(27)18(23)3/h4-13,19H,14-15H2,1-3H3,(H,28,31)/t19-/m1/s1. The summed E-state index contributed by atoms with van der Waals surface area (Å²) in [6.45, 7) is 6.28. The third-order valence-electron chi connectivity index (χ3n) is 5.93. The highest BCUT2D eigenvalue weighted by molar-refractivity contribution is 6.31. The van der Waals surface area contributed by atoms with Gasteiger partial charge >= 0.3 is 0 Å². The zero-order valence-corrected chi connectivity index (χ0v) is 19.1. The van der Waals surface area contributed by atoms with Gasteiger partial charge in [-0.25, -0.2) is 0 Å². The minimum atomic E-state index is -0.424. The molecule has 1 heterocycles. The number of carbonyl (C=O) groups excluding carboxylic acids is 2. The SMILES string of the molecule is Cc1cccc(Oc2ccc(NC(=O)[C@@H]3CC(=O)N(c4cccc(Cl)c4C)C3)cc2)c1C. The maximum Gasteiger partial charge on any atom is 0.229 e. The number of rotatable bonds is 5. The number of nitrogens with zero attached hydrogens (tertiary/aromatic N) is 1. The molecule has 1 aliphatic heterocycles. The number of aryl methyl sites for hydroxylation is 1. The quantitative estimate of drug-likeness (QED) is 0.517. The summed E-state index contributed by atoms with van der Waals surface area (Å²) < 4.78 is 5.97. The first-order valence-electron chi connectivity index (χ1n) is 10.5. The van der Waals surface area contributed by atoms with Crippen LogP contribution in [0.25, 0.3) is 0 Å². The van der Waals surface area contributed by atoms with Crippen molar-refractivity contribution in [3.8, 4) is 11.5 Å². The van der Waals surface area contributed by atoms with E-state index in [0.717, 1.165) is 22.6 Å². The van der Waals surface area contributed by atoms with Crippen LogP contribution in [0.1, 0.15) is 23.1 Å². The van der Waals surface area contributed by atoms with E-state index < -0.39 is 5.92 Å². The lowest BCUT2D eigenvalue weighted by molar-refractivity contribution is -0.122. The molecule has 6 heteroatoms. The Bertz CT molecular complexity index is 1170. The lowest BCUT2D eigenvalue weighted by Gasteiger charge is -2.19. The molecule has 1 fully saturated rings. The maximum atomic E-state index is 12.8. The summed E-state index contributed by atoms with van der Waals surface area (Å²) in [5.74, 6) is 0.821. The molecule has 164 valence electrons. The van der Waals surface area contributed by atoms with Crippen LogP contribution in [-0.4, -0.2) is 18.4 Å². The smallest absolute Gasteiger partial charge is 0.229 e. The number of hydrogen-bond donors (Lipinski definition) is 1. The van der Waals surface area contributed by atoms with Gasteiger partial charge in [0.15, 0.2) is 0 Å². The summed E-state index contributed by atoms with van der Waals surface area (Å²) in [6, 6.07) is 18.6. The van der Waals surface area contributed by atoms with Crippen LogP contribution in [0.15, 0.2) is 60.7 Å². The molecule has 5 nitrogen and oxygen atoms in total. The van der Waals surface area contributed by atoms with Crippen molar-refractivity contribution in [2.75, 3.05) is 16.8 Å².